The molecule has 8 nitrogen and oxygen atoms in total. The van der Waals surface area contributed by atoms with E-state index in [9.17, 15) is 14.4 Å². The summed E-state index contributed by atoms with van der Waals surface area (Å²) in [6.45, 7) is 5.14. The Morgan fingerprint density at radius 1 is 1.10 bits per heavy atom. The van der Waals surface area contributed by atoms with Gasteiger partial charge in [0.1, 0.15) is 12.3 Å². The molecule has 1 atom stereocenters. The Hall–Kier alpha value is -2.19. The van der Waals surface area contributed by atoms with Gasteiger partial charge in [-0.2, -0.15) is 0 Å². The molecule has 1 saturated carbocycles. The van der Waals surface area contributed by atoms with Gasteiger partial charge in [-0.25, -0.2) is 0 Å². The van der Waals surface area contributed by atoms with Crippen LogP contribution in [0.3, 0.4) is 0 Å². The molecule has 2 amide bonds. The van der Waals surface area contributed by atoms with Crippen LogP contribution < -0.4 is 10.9 Å². The van der Waals surface area contributed by atoms with E-state index in [0.717, 1.165) is 38.4 Å². The largest absolute Gasteiger partial charge is 0.365 e. The van der Waals surface area contributed by atoms with E-state index in [4.69, 9.17) is 4.74 Å². The van der Waals surface area contributed by atoms with Crippen molar-refractivity contribution in [1.82, 2.24) is 20.1 Å². The molecule has 2 saturated heterocycles. The van der Waals surface area contributed by atoms with Crippen molar-refractivity contribution < 1.29 is 14.3 Å². The SMILES string of the molecule is O=C(NC[C@@H]1CN(CC2CCN(CC3CC3)CC2)C(=O)CO1)c1cccc(=O)[nH]1. The minimum Gasteiger partial charge on any atom is -0.365 e. The molecule has 4 rings (SSSR count). The van der Waals surface area contributed by atoms with Gasteiger partial charge in [-0.1, -0.05) is 6.07 Å². The maximum atomic E-state index is 12.3. The maximum Gasteiger partial charge on any atom is 0.267 e. The number of likely N-dealkylation sites (tertiary alicyclic amines) is 1. The topological polar surface area (TPSA) is 94.7 Å². The molecule has 3 fully saturated rings. The molecule has 1 aliphatic carbocycles. The average Bonchev–Trinajstić information content (AvgIpc) is 3.54. The molecule has 29 heavy (non-hydrogen) atoms. The number of amides is 2. The highest BCUT2D eigenvalue weighted by atomic mass is 16.5. The Labute approximate surface area is 170 Å². The van der Waals surface area contributed by atoms with Gasteiger partial charge in [0.15, 0.2) is 0 Å². The quantitative estimate of drug-likeness (QED) is 0.691. The number of hydrogen-bond acceptors (Lipinski definition) is 5. The second-order valence-electron chi connectivity index (χ2n) is 8.56. The monoisotopic (exact) mass is 402 g/mol. The molecule has 1 aromatic rings. The summed E-state index contributed by atoms with van der Waals surface area (Å²) < 4.78 is 5.60. The van der Waals surface area contributed by atoms with Crippen LogP contribution >= 0.6 is 0 Å². The van der Waals surface area contributed by atoms with Gasteiger partial charge in [-0.15, -0.1) is 0 Å². The van der Waals surface area contributed by atoms with E-state index in [1.807, 2.05) is 4.90 Å². The Bertz CT molecular complexity index is 783. The van der Waals surface area contributed by atoms with E-state index in [-0.39, 0.29) is 35.8 Å². The van der Waals surface area contributed by atoms with Gasteiger partial charge < -0.3 is 24.8 Å². The number of carbonyl (C=O) groups is 2. The normalized spacial score (nSPS) is 23.9. The summed E-state index contributed by atoms with van der Waals surface area (Å²) in [5.74, 6) is 1.15. The Morgan fingerprint density at radius 3 is 2.59 bits per heavy atom. The highest BCUT2D eigenvalue weighted by molar-refractivity contribution is 5.92. The number of aromatic amines is 1. The van der Waals surface area contributed by atoms with Gasteiger partial charge in [0.05, 0.1) is 6.10 Å². The van der Waals surface area contributed by atoms with Gasteiger partial charge in [0.25, 0.3) is 5.91 Å². The highest BCUT2D eigenvalue weighted by Crippen LogP contribution is 2.31. The van der Waals surface area contributed by atoms with Gasteiger partial charge in [0, 0.05) is 32.2 Å². The van der Waals surface area contributed by atoms with Crippen LogP contribution in [-0.2, 0) is 9.53 Å². The third kappa shape index (κ3) is 5.67. The Balaban J connectivity index is 1.22. The number of aromatic nitrogens is 1. The van der Waals surface area contributed by atoms with Gasteiger partial charge >= 0.3 is 0 Å². The molecule has 2 aliphatic heterocycles. The van der Waals surface area contributed by atoms with Crippen molar-refractivity contribution in [3.8, 4) is 0 Å². The summed E-state index contributed by atoms with van der Waals surface area (Å²) >= 11 is 0. The molecule has 0 unspecified atom stereocenters. The fraction of sp³-hybridized carbons (Fsp3) is 0.667. The second kappa shape index (κ2) is 9.09. The number of H-pyrrole nitrogens is 1. The first-order chi connectivity index (χ1) is 14.1. The average molecular weight is 402 g/mol. The van der Waals surface area contributed by atoms with Crippen LogP contribution in [0, 0.1) is 11.8 Å². The van der Waals surface area contributed by atoms with Gasteiger partial charge in [0.2, 0.25) is 11.5 Å². The van der Waals surface area contributed by atoms with Crippen LogP contribution in [0.25, 0.3) is 0 Å². The minimum absolute atomic E-state index is 0.0281. The summed E-state index contributed by atoms with van der Waals surface area (Å²) in [6.07, 6.45) is 4.82. The molecule has 0 radical (unpaired) electrons. The lowest BCUT2D eigenvalue weighted by Gasteiger charge is -2.38. The van der Waals surface area contributed by atoms with Crippen molar-refractivity contribution in [3.05, 3.63) is 34.2 Å². The van der Waals surface area contributed by atoms with Crippen molar-refractivity contribution in [2.24, 2.45) is 11.8 Å². The van der Waals surface area contributed by atoms with Crippen LogP contribution in [0.15, 0.2) is 23.0 Å². The van der Waals surface area contributed by atoms with Crippen LogP contribution in [0.1, 0.15) is 36.2 Å². The Morgan fingerprint density at radius 2 is 1.86 bits per heavy atom. The third-order valence-corrected chi connectivity index (χ3v) is 6.12. The summed E-state index contributed by atoms with van der Waals surface area (Å²) in [4.78, 5) is 42.8. The third-order valence-electron chi connectivity index (χ3n) is 6.12. The Kier molecular flexibility index (Phi) is 6.30. The van der Waals surface area contributed by atoms with Crippen molar-refractivity contribution >= 4 is 11.8 Å². The molecule has 158 valence electrons. The lowest BCUT2D eigenvalue weighted by atomic mass is 9.95. The van der Waals surface area contributed by atoms with Crippen LogP contribution in [0.5, 0.6) is 0 Å². The van der Waals surface area contributed by atoms with Crippen LogP contribution in [0.4, 0.5) is 0 Å². The first-order valence-electron chi connectivity index (χ1n) is 10.7. The molecular weight excluding hydrogens is 372 g/mol. The summed E-state index contributed by atoms with van der Waals surface area (Å²) in [7, 11) is 0. The van der Waals surface area contributed by atoms with E-state index in [1.54, 1.807) is 12.1 Å². The number of pyridine rings is 1. The zero-order valence-corrected chi connectivity index (χ0v) is 16.8. The molecule has 8 heteroatoms. The van der Waals surface area contributed by atoms with Crippen LogP contribution in [0.2, 0.25) is 0 Å². The predicted octanol–water partition coefficient (Wildman–Crippen LogP) is 0.454. The predicted molar refractivity (Wildman–Crippen MR) is 108 cm³/mol. The van der Waals surface area contributed by atoms with E-state index in [2.05, 4.69) is 15.2 Å². The zero-order valence-electron chi connectivity index (χ0n) is 16.8. The van der Waals surface area contributed by atoms with E-state index >= 15 is 0 Å². The molecule has 0 spiro atoms. The number of piperidine rings is 1. The van der Waals surface area contributed by atoms with Crippen molar-refractivity contribution in [1.29, 1.82) is 0 Å². The second-order valence-corrected chi connectivity index (χ2v) is 8.56. The number of morpholine rings is 1. The lowest BCUT2D eigenvalue weighted by molar-refractivity contribution is -0.149. The van der Waals surface area contributed by atoms with E-state index in [1.165, 1.54) is 25.5 Å². The minimum atomic E-state index is -0.349. The number of rotatable bonds is 7. The van der Waals surface area contributed by atoms with Crippen molar-refractivity contribution in [2.45, 2.75) is 31.8 Å². The summed E-state index contributed by atoms with van der Waals surface area (Å²) in [5, 5.41) is 2.79. The number of nitrogens with one attached hydrogen (secondary N) is 2. The van der Waals surface area contributed by atoms with Gasteiger partial charge in [-0.05, 0) is 56.7 Å². The molecule has 0 aromatic carbocycles. The fourth-order valence-corrected chi connectivity index (χ4v) is 4.19. The molecule has 2 N–H and O–H groups in total. The number of ether oxygens (including phenoxy) is 1. The van der Waals surface area contributed by atoms with Gasteiger partial charge in [-0.3, -0.25) is 14.4 Å². The summed E-state index contributed by atoms with van der Waals surface area (Å²) in [5.41, 5.74) is -0.0919. The number of nitrogens with zero attached hydrogens (tertiary/aromatic N) is 2. The number of hydrogen-bond donors (Lipinski definition) is 2. The highest BCUT2D eigenvalue weighted by Gasteiger charge is 2.31. The van der Waals surface area contributed by atoms with E-state index in [0.29, 0.717) is 19.0 Å². The lowest BCUT2D eigenvalue weighted by Crippen LogP contribution is -2.52. The number of carbonyl (C=O) groups excluding carboxylic acids is 2. The fourth-order valence-electron chi connectivity index (χ4n) is 4.19. The first kappa shape index (κ1) is 20.1. The smallest absolute Gasteiger partial charge is 0.267 e. The maximum absolute atomic E-state index is 12.3. The first-order valence-corrected chi connectivity index (χ1v) is 10.7. The summed E-state index contributed by atoms with van der Waals surface area (Å²) in [6, 6.07) is 4.46. The molecule has 1 aromatic heterocycles. The molecule has 3 heterocycles. The standard InChI is InChI=1S/C21H30N4O4/c26-19-3-1-2-18(23-19)21(28)22-10-17-13-25(20(27)14-29-17)12-16-6-8-24(9-7-16)11-15-4-5-15/h1-3,15-17H,4-14H2,(H,22,28)(H,23,26)/t17-/m1/s1. The molecular formula is C21H30N4O4. The van der Waals surface area contributed by atoms with E-state index < -0.39 is 0 Å². The van der Waals surface area contributed by atoms with Crippen molar-refractivity contribution in [3.63, 3.8) is 0 Å². The van der Waals surface area contributed by atoms with Crippen LogP contribution in [-0.4, -0.2) is 78.6 Å². The molecule has 3 aliphatic rings. The zero-order chi connectivity index (χ0) is 20.2. The molecule has 0 bridgehead atoms. The van der Waals surface area contributed by atoms with Crippen molar-refractivity contribution in [2.75, 3.05) is 45.9 Å².